The Bertz CT molecular complexity index is 644. The lowest BCUT2D eigenvalue weighted by atomic mass is 10.1. The molecule has 4 nitrogen and oxygen atoms in total. The van der Waals surface area contributed by atoms with Gasteiger partial charge in [-0.1, -0.05) is 43.7 Å². The normalized spacial score (nSPS) is 10.3. The predicted molar refractivity (Wildman–Crippen MR) is 81.3 cm³/mol. The van der Waals surface area contributed by atoms with Gasteiger partial charge in [0, 0.05) is 12.3 Å². The maximum absolute atomic E-state index is 11.8. The number of hydrogen-bond acceptors (Lipinski definition) is 3. The molecule has 0 amide bonds. The molecule has 0 N–H and O–H groups in total. The van der Waals surface area contributed by atoms with Crippen molar-refractivity contribution in [2.45, 2.75) is 32.8 Å². The summed E-state index contributed by atoms with van der Waals surface area (Å²) in [6.45, 7) is 2.33. The number of aryl methyl sites for hydroxylation is 1. The molecular weight excluding hydrogens is 266 g/mol. The molecule has 0 bridgehead atoms. The van der Waals surface area contributed by atoms with E-state index in [1.165, 1.54) is 30.7 Å². The molecule has 2 aromatic rings. The molecule has 0 saturated heterocycles. The van der Waals surface area contributed by atoms with Crippen molar-refractivity contribution in [3.63, 3.8) is 0 Å². The molecule has 0 aliphatic rings. The lowest BCUT2D eigenvalue weighted by molar-refractivity contribution is 0.140. The molecule has 110 valence electrons. The molecule has 2 rings (SSSR count). The number of pyridine rings is 1. The summed E-state index contributed by atoms with van der Waals surface area (Å²) in [5.74, 6) is 0. The number of carbonyl (C=O) groups is 1. The van der Waals surface area contributed by atoms with Crippen molar-refractivity contribution in [2.24, 2.45) is 0 Å². The van der Waals surface area contributed by atoms with E-state index in [1.807, 2.05) is 24.3 Å². The number of hydrogen-bond donors (Lipinski definition) is 0. The fourth-order valence-corrected chi connectivity index (χ4v) is 1.98. The van der Waals surface area contributed by atoms with Crippen molar-refractivity contribution in [3.8, 4) is 0 Å². The van der Waals surface area contributed by atoms with Gasteiger partial charge in [-0.3, -0.25) is 4.79 Å². The average molecular weight is 285 g/mol. The number of ether oxygens (including phenoxy) is 1. The van der Waals surface area contributed by atoms with Gasteiger partial charge in [-0.15, -0.1) is 0 Å². The van der Waals surface area contributed by atoms with Gasteiger partial charge in [0.25, 0.3) is 5.56 Å². The molecule has 1 heterocycles. The number of benzene rings is 1. The first kappa shape index (κ1) is 15.0. The van der Waals surface area contributed by atoms with Crippen LogP contribution >= 0.6 is 0 Å². The Morgan fingerprint density at radius 2 is 1.81 bits per heavy atom. The van der Waals surface area contributed by atoms with Gasteiger partial charge in [0.15, 0.2) is 0 Å². The quantitative estimate of drug-likeness (QED) is 0.846. The minimum Gasteiger partial charge on any atom is -0.444 e. The zero-order valence-electron chi connectivity index (χ0n) is 12.1. The summed E-state index contributed by atoms with van der Waals surface area (Å²) < 4.78 is 6.09. The van der Waals surface area contributed by atoms with Crippen LogP contribution in [0.4, 0.5) is 4.79 Å². The number of rotatable bonds is 5. The summed E-state index contributed by atoms with van der Waals surface area (Å²) >= 11 is 0. The largest absolute Gasteiger partial charge is 0.444 e. The Hall–Kier alpha value is -2.36. The van der Waals surface area contributed by atoms with E-state index in [1.54, 1.807) is 12.1 Å². The van der Waals surface area contributed by atoms with Gasteiger partial charge in [-0.2, -0.15) is 0 Å². The van der Waals surface area contributed by atoms with Crippen molar-refractivity contribution in [1.82, 2.24) is 4.57 Å². The molecule has 4 heteroatoms. The molecule has 0 radical (unpaired) electrons. The highest BCUT2D eigenvalue weighted by Crippen LogP contribution is 2.09. The highest BCUT2D eigenvalue weighted by molar-refractivity contribution is 5.70. The van der Waals surface area contributed by atoms with Gasteiger partial charge in [-0.25, -0.2) is 9.36 Å². The van der Waals surface area contributed by atoms with Crippen LogP contribution in [0.3, 0.4) is 0 Å². The topological polar surface area (TPSA) is 48.3 Å². The van der Waals surface area contributed by atoms with Crippen LogP contribution in [-0.4, -0.2) is 10.7 Å². The first-order chi connectivity index (χ1) is 10.2. The third-order valence-corrected chi connectivity index (χ3v) is 3.22. The monoisotopic (exact) mass is 285 g/mol. The second-order valence-electron chi connectivity index (χ2n) is 4.88. The molecule has 0 aliphatic heterocycles. The van der Waals surface area contributed by atoms with E-state index in [-0.39, 0.29) is 6.61 Å². The summed E-state index contributed by atoms with van der Waals surface area (Å²) in [6, 6.07) is 12.5. The molecule has 0 saturated carbocycles. The lowest BCUT2D eigenvalue weighted by Gasteiger charge is -2.07. The lowest BCUT2D eigenvalue weighted by Crippen LogP contribution is -2.26. The first-order valence-electron chi connectivity index (χ1n) is 7.13. The molecule has 1 aromatic carbocycles. The molecule has 0 atom stereocenters. The molecular formula is C17H19NO3. The van der Waals surface area contributed by atoms with Crippen LogP contribution in [0.1, 0.15) is 30.9 Å². The highest BCUT2D eigenvalue weighted by Gasteiger charge is 2.07. The minimum absolute atomic E-state index is 0.161. The van der Waals surface area contributed by atoms with E-state index in [2.05, 4.69) is 6.92 Å². The van der Waals surface area contributed by atoms with Gasteiger partial charge < -0.3 is 4.74 Å². The Morgan fingerprint density at radius 1 is 1.10 bits per heavy atom. The minimum atomic E-state index is -0.657. The summed E-state index contributed by atoms with van der Waals surface area (Å²) in [5.41, 5.74) is 1.80. The summed E-state index contributed by atoms with van der Waals surface area (Å²) in [5, 5.41) is 0. The number of nitrogens with zero attached hydrogens (tertiary/aromatic N) is 1. The van der Waals surface area contributed by atoms with Crippen molar-refractivity contribution in [1.29, 1.82) is 0 Å². The average Bonchev–Trinajstić information content (AvgIpc) is 2.52. The van der Waals surface area contributed by atoms with E-state index in [4.69, 9.17) is 4.74 Å². The smallest absolute Gasteiger partial charge is 0.421 e. The van der Waals surface area contributed by atoms with Crippen LogP contribution in [0.2, 0.25) is 0 Å². The van der Waals surface area contributed by atoms with Crippen LogP contribution < -0.4 is 5.56 Å². The second-order valence-corrected chi connectivity index (χ2v) is 4.88. The van der Waals surface area contributed by atoms with Crippen LogP contribution in [0.25, 0.3) is 0 Å². The van der Waals surface area contributed by atoms with Crippen molar-refractivity contribution in [3.05, 3.63) is 70.1 Å². The van der Waals surface area contributed by atoms with E-state index in [9.17, 15) is 9.59 Å². The van der Waals surface area contributed by atoms with Crippen molar-refractivity contribution >= 4 is 6.09 Å². The SMILES string of the molecule is CCCCc1ccc(COC(=O)n2ccccc2=O)cc1. The van der Waals surface area contributed by atoms with Crippen LogP contribution in [0, 0.1) is 0 Å². The summed E-state index contributed by atoms with van der Waals surface area (Å²) in [4.78, 5) is 23.3. The molecule has 1 aromatic heterocycles. The van der Waals surface area contributed by atoms with E-state index < -0.39 is 11.7 Å². The van der Waals surface area contributed by atoms with Gasteiger partial charge >= 0.3 is 6.09 Å². The molecule has 21 heavy (non-hydrogen) atoms. The van der Waals surface area contributed by atoms with Crippen LogP contribution in [0.5, 0.6) is 0 Å². The third-order valence-electron chi connectivity index (χ3n) is 3.22. The predicted octanol–water partition coefficient (Wildman–Crippen LogP) is 3.38. The van der Waals surface area contributed by atoms with Crippen LogP contribution in [-0.2, 0) is 17.8 Å². The van der Waals surface area contributed by atoms with Gasteiger partial charge in [0.05, 0.1) is 0 Å². The Balaban J connectivity index is 1.92. The maximum Gasteiger partial charge on any atom is 0.421 e. The number of aromatic nitrogens is 1. The standard InChI is InChI=1S/C17H19NO3/c1-2-3-6-14-8-10-15(11-9-14)13-21-17(20)18-12-5-4-7-16(18)19/h4-5,7-12H,2-3,6,13H2,1H3. The van der Waals surface area contributed by atoms with E-state index >= 15 is 0 Å². The second kappa shape index (κ2) is 7.43. The fourth-order valence-electron chi connectivity index (χ4n) is 1.98. The molecule has 0 fully saturated rings. The van der Waals surface area contributed by atoms with Gasteiger partial charge in [0.1, 0.15) is 6.61 Å². The number of carbonyl (C=O) groups excluding carboxylic acids is 1. The molecule has 0 aliphatic carbocycles. The zero-order valence-corrected chi connectivity index (χ0v) is 12.1. The fraction of sp³-hybridized carbons (Fsp3) is 0.294. The maximum atomic E-state index is 11.8. The Morgan fingerprint density at radius 3 is 2.48 bits per heavy atom. The first-order valence-corrected chi connectivity index (χ1v) is 7.13. The summed E-state index contributed by atoms with van der Waals surface area (Å²) in [7, 11) is 0. The van der Waals surface area contributed by atoms with E-state index in [0.29, 0.717) is 0 Å². The third kappa shape index (κ3) is 4.31. The highest BCUT2D eigenvalue weighted by atomic mass is 16.5. The summed E-state index contributed by atoms with van der Waals surface area (Å²) in [6.07, 6.45) is 4.15. The Kier molecular flexibility index (Phi) is 5.32. The molecule has 0 unspecified atom stereocenters. The number of unbranched alkanes of at least 4 members (excludes halogenated alkanes) is 1. The van der Waals surface area contributed by atoms with Crippen LogP contribution in [0.15, 0.2) is 53.5 Å². The van der Waals surface area contributed by atoms with Gasteiger partial charge in [0.2, 0.25) is 0 Å². The van der Waals surface area contributed by atoms with Crippen molar-refractivity contribution in [2.75, 3.05) is 0 Å². The Labute approximate surface area is 124 Å². The van der Waals surface area contributed by atoms with Crippen molar-refractivity contribution < 1.29 is 9.53 Å². The van der Waals surface area contributed by atoms with Gasteiger partial charge in [-0.05, 0) is 30.0 Å². The van der Waals surface area contributed by atoms with E-state index in [0.717, 1.165) is 16.6 Å². The molecule has 0 spiro atoms. The zero-order chi connectivity index (χ0) is 15.1.